The van der Waals surface area contributed by atoms with Crippen molar-refractivity contribution in [3.8, 4) is 0 Å². The van der Waals surface area contributed by atoms with Crippen molar-refractivity contribution >= 4 is 5.97 Å². The first-order valence-electron chi connectivity index (χ1n) is 8.20. The van der Waals surface area contributed by atoms with Crippen molar-refractivity contribution in [2.45, 2.75) is 78.8 Å². The Morgan fingerprint density at radius 3 is 2.09 bits per heavy atom. The molecule has 0 aliphatic heterocycles. The molecule has 23 heavy (non-hydrogen) atoms. The zero-order valence-electron chi connectivity index (χ0n) is 15.4. The van der Waals surface area contributed by atoms with Crippen LogP contribution in [0.5, 0.6) is 0 Å². The van der Waals surface area contributed by atoms with Crippen LogP contribution in [0.25, 0.3) is 0 Å². The van der Waals surface area contributed by atoms with Crippen LogP contribution in [-0.2, 0) is 19.0 Å². The minimum absolute atomic E-state index is 0.0260. The maximum absolute atomic E-state index is 11.7. The van der Waals surface area contributed by atoms with Gasteiger partial charge >= 0.3 is 5.97 Å². The van der Waals surface area contributed by atoms with Crippen LogP contribution in [0.3, 0.4) is 0 Å². The van der Waals surface area contributed by atoms with Crippen LogP contribution in [0.4, 0.5) is 0 Å². The van der Waals surface area contributed by atoms with Crippen LogP contribution in [0, 0.1) is 5.41 Å². The highest BCUT2D eigenvalue weighted by Crippen LogP contribution is 2.25. The van der Waals surface area contributed by atoms with Gasteiger partial charge in [-0.05, 0) is 39.0 Å². The van der Waals surface area contributed by atoms with E-state index in [4.69, 9.17) is 19.3 Å². The van der Waals surface area contributed by atoms with Gasteiger partial charge in [-0.1, -0.05) is 20.8 Å². The van der Waals surface area contributed by atoms with Gasteiger partial charge in [0, 0.05) is 13.0 Å². The van der Waals surface area contributed by atoms with Gasteiger partial charge in [0.05, 0.1) is 18.3 Å². The number of hydrogen-bond donors (Lipinski definition) is 2. The van der Waals surface area contributed by atoms with Gasteiger partial charge in [0.25, 0.3) is 0 Å². The Hall–Kier alpha value is -0.690. The summed E-state index contributed by atoms with van der Waals surface area (Å²) < 4.78 is 16.8. The monoisotopic (exact) mass is 334 g/mol. The molecule has 6 nitrogen and oxygen atoms in total. The van der Waals surface area contributed by atoms with E-state index in [1.807, 2.05) is 41.5 Å². The average molecular weight is 334 g/mol. The third kappa shape index (κ3) is 11.5. The lowest BCUT2D eigenvalue weighted by Gasteiger charge is -2.35. The van der Waals surface area contributed by atoms with E-state index in [1.165, 1.54) is 0 Å². The van der Waals surface area contributed by atoms with E-state index in [2.05, 4.69) is 0 Å². The van der Waals surface area contributed by atoms with Crippen LogP contribution in [-0.4, -0.2) is 54.0 Å². The van der Waals surface area contributed by atoms with Crippen molar-refractivity contribution in [3.63, 3.8) is 0 Å². The molecule has 0 bridgehead atoms. The minimum atomic E-state index is -0.742. The Morgan fingerprint density at radius 2 is 1.65 bits per heavy atom. The lowest BCUT2D eigenvalue weighted by Crippen LogP contribution is -2.42. The van der Waals surface area contributed by atoms with Crippen molar-refractivity contribution in [1.82, 2.24) is 0 Å². The molecular formula is C17H34O6. The predicted octanol–water partition coefficient (Wildman–Crippen LogP) is 2.26. The molecule has 0 aliphatic carbocycles. The molecule has 0 fully saturated rings. The van der Waals surface area contributed by atoms with Crippen LogP contribution in [0.15, 0.2) is 0 Å². The quantitative estimate of drug-likeness (QED) is 0.362. The zero-order valence-corrected chi connectivity index (χ0v) is 15.4. The van der Waals surface area contributed by atoms with E-state index in [0.717, 1.165) is 0 Å². The molecule has 0 saturated heterocycles. The Morgan fingerprint density at radius 1 is 1.04 bits per heavy atom. The molecule has 0 heterocycles. The summed E-state index contributed by atoms with van der Waals surface area (Å²) in [7, 11) is 0. The van der Waals surface area contributed by atoms with E-state index < -0.39 is 18.0 Å². The first kappa shape index (κ1) is 22.3. The average Bonchev–Trinajstić information content (AvgIpc) is 2.39. The molecule has 6 heteroatoms. The van der Waals surface area contributed by atoms with Crippen molar-refractivity contribution in [2.24, 2.45) is 5.41 Å². The molecule has 0 aliphatic rings. The number of carbonyl (C=O) groups is 1. The summed E-state index contributed by atoms with van der Waals surface area (Å²) in [6.07, 6.45) is 0.244. The smallest absolute Gasteiger partial charge is 0.305 e. The maximum atomic E-state index is 11.7. The lowest BCUT2D eigenvalue weighted by atomic mass is 9.89. The molecule has 0 saturated carbocycles. The minimum Gasteiger partial charge on any atom is -0.460 e. The number of ether oxygens (including phenoxy) is 3. The Kier molecular flexibility index (Phi) is 9.93. The molecule has 0 radical (unpaired) electrons. The maximum Gasteiger partial charge on any atom is 0.305 e. The second-order valence-electron chi connectivity index (χ2n) is 7.70. The van der Waals surface area contributed by atoms with Crippen molar-refractivity contribution in [2.75, 3.05) is 19.8 Å². The SMILES string of the molecule is CC(C)(C)OC(COC(=O)CCCCO)OC(CO)C(C)(C)C. The molecule has 2 atom stereocenters. The number of aliphatic hydroxyl groups excluding tert-OH is 2. The van der Waals surface area contributed by atoms with Crippen LogP contribution >= 0.6 is 0 Å². The normalized spacial score (nSPS) is 15.3. The number of rotatable bonds is 10. The van der Waals surface area contributed by atoms with Gasteiger partial charge in [0.1, 0.15) is 6.61 Å². The summed E-state index contributed by atoms with van der Waals surface area (Å²) in [6, 6.07) is 0. The molecule has 0 aromatic carbocycles. The summed E-state index contributed by atoms with van der Waals surface area (Å²) >= 11 is 0. The van der Waals surface area contributed by atoms with E-state index >= 15 is 0 Å². The van der Waals surface area contributed by atoms with Crippen LogP contribution in [0.2, 0.25) is 0 Å². The Bertz CT molecular complexity index is 329. The van der Waals surface area contributed by atoms with Gasteiger partial charge in [-0.3, -0.25) is 4.79 Å². The molecular weight excluding hydrogens is 300 g/mol. The first-order chi connectivity index (χ1) is 10.5. The number of unbranched alkanes of at least 4 members (excludes halogenated alkanes) is 1. The first-order valence-corrected chi connectivity index (χ1v) is 8.20. The molecule has 0 aromatic heterocycles. The number of aliphatic hydroxyl groups is 2. The second kappa shape index (κ2) is 10.2. The van der Waals surface area contributed by atoms with Gasteiger partial charge < -0.3 is 24.4 Å². The van der Waals surface area contributed by atoms with Gasteiger partial charge in [-0.25, -0.2) is 0 Å². The third-order valence-electron chi connectivity index (χ3n) is 3.10. The number of hydrogen-bond acceptors (Lipinski definition) is 6. The molecule has 0 spiro atoms. The molecule has 0 rings (SSSR count). The third-order valence-corrected chi connectivity index (χ3v) is 3.10. The lowest BCUT2D eigenvalue weighted by molar-refractivity contribution is -0.251. The van der Waals surface area contributed by atoms with Crippen molar-refractivity contribution in [1.29, 1.82) is 0 Å². The molecule has 0 aromatic rings. The highest BCUT2D eigenvalue weighted by Gasteiger charge is 2.30. The molecule has 0 amide bonds. The van der Waals surface area contributed by atoms with Crippen molar-refractivity contribution in [3.05, 3.63) is 0 Å². The fourth-order valence-corrected chi connectivity index (χ4v) is 1.81. The fourth-order valence-electron chi connectivity index (χ4n) is 1.81. The van der Waals surface area contributed by atoms with E-state index in [9.17, 15) is 9.90 Å². The van der Waals surface area contributed by atoms with Crippen LogP contribution < -0.4 is 0 Å². The largest absolute Gasteiger partial charge is 0.460 e. The summed E-state index contributed by atoms with van der Waals surface area (Å²) in [5, 5.41) is 18.2. The zero-order chi connectivity index (χ0) is 18.1. The van der Waals surface area contributed by atoms with Crippen LogP contribution in [0.1, 0.15) is 60.8 Å². The topological polar surface area (TPSA) is 85.2 Å². The Balaban J connectivity index is 4.60. The number of esters is 1. The van der Waals surface area contributed by atoms with Gasteiger partial charge in [0.2, 0.25) is 0 Å². The van der Waals surface area contributed by atoms with Crippen molar-refractivity contribution < 1.29 is 29.2 Å². The number of carbonyl (C=O) groups excluding carboxylic acids is 1. The highest BCUT2D eigenvalue weighted by molar-refractivity contribution is 5.69. The van der Waals surface area contributed by atoms with Gasteiger partial charge in [0.15, 0.2) is 6.29 Å². The summed E-state index contributed by atoms with van der Waals surface area (Å²) in [5.41, 5.74) is -0.731. The highest BCUT2D eigenvalue weighted by atomic mass is 16.7. The van der Waals surface area contributed by atoms with Gasteiger partial charge in [-0.15, -0.1) is 0 Å². The second-order valence-corrected chi connectivity index (χ2v) is 7.70. The van der Waals surface area contributed by atoms with E-state index in [-0.39, 0.29) is 37.6 Å². The van der Waals surface area contributed by atoms with E-state index in [0.29, 0.717) is 12.8 Å². The standard InChI is InChI=1S/C17H34O6/c1-16(2,3)13(11-19)22-15(23-17(4,5)6)12-21-14(20)9-7-8-10-18/h13,15,18-19H,7-12H2,1-6H3. The Labute approximate surface area is 140 Å². The summed E-state index contributed by atoms with van der Waals surface area (Å²) in [6.45, 7) is 11.4. The molecule has 138 valence electrons. The summed E-state index contributed by atoms with van der Waals surface area (Å²) in [5.74, 6) is -0.346. The van der Waals surface area contributed by atoms with Gasteiger partial charge in [-0.2, -0.15) is 0 Å². The molecule has 2 unspecified atom stereocenters. The fraction of sp³-hybridized carbons (Fsp3) is 0.941. The predicted molar refractivity (Wildman–Crippen MR) is 87.9 cm³/mol. The molecule has 2 N–H and O–H groups in total. The summed E-state index contributed by atoms with van der Waals surface area (Å²) in [4.78, 5) is 11.7. The van der Waals surface area contributed by atoms with E-state index in [1.54, 1.807) is 0 Å².